The molecule has 23 heavy (non-hydrogen) atoms. The van der Waals surface area contributed by atoms with Crippen LogP contribution in [0.1, 0.15) is 110 Å². The summed E-state index contributed by atoms with van der Waals surface area (Å²) in [6.45, 7) is 4.79. The predicted molar refractivity (Wildman–Crippen MR) is 104 cm³/mol. The first-order chi connectivity index (χ1) is 11.2. The monoisotopic (exact) mass is 344 g/mol. The van der Waals surface area contributed by atoms with Crippen molar-refractivity contribution in [3.63, 3.8) is 0 Å². The summed E-state index contributed by atoms with van der Waals surface area (Å²) in [5, 5.41) is -0.248. The van der Waals surface area contributed by atoms with Crippen LogP contribution in [0, 0.1) is 0 Å². The molecule has 0 heterocycles. The summed E-state index contributed by atoms with van der Waals surface area (Å²) >= 11 is 4.18. The minimum Gasteiger partial charge on any atom is -0.465 e. The normalized spacial score (nSPS) is 12.3. The maximum atomic E-state index is 11.4. The summed E-state index contributed by atoms with van der Waals surface area (Å²) in [5.41, 5.74) is 0. The molecule has 0 N–H and O–H groups in total. The van der Waals surface area contributed by atoms with Crippen LogP contribution < -0.4 is 0 Å². The van der Waals surface area contributed by atoms with Crippen LogP contribution in [0.15, 0.2) is 0 Å². The molecule has 0 aromatic carbocycles. The number of thiol groups is 1. The smallest absolute Gasteiger partial charge is 0.318 e. The predicted octanol–water partition coefficient (Wildman–Crippen LogP) is 6.72. The topological polar surface area (TPSA) is 26.3 Å². The van der Waals surface area contributed by atoms with Crippen molar-refractivity contribution in [1.29, 1.82) is 0 Å². The van der Waals surface area contributed by atoms with E-state index in [1.807, 2.05) is 6.92 Å². The van der Waals surface area contributed by atoms with Crippen LogP contribution in [0.4, 0.5) is 0 Å². The van der Waals surface area contributed by atoms with E-state index in [-0.39, 0.29) is 11.2 Å². The van der Waals surface area contributed by atoms with Gasteiger partial charge in [0.1, 0.15) is 0 Å². The third kappa shape index (κ3) is 16.5. The highest BCUT2D eigenvalue weighted by Gasteiger charge is 2.11. The van der Waals surface area contributed by atoms with Crippen LogP contribution in [-0.4, -0.2) is 17.8 Å². The van der Waals surface area contributed by atoms with Gasteiger partial charge in [-0.05, 0) is 12.8 Å². The van der Waals surface area contributed by atoms with Crippen LogP contribution >= 0.6 is 12.6 Å². The first-order valence-corrected chi connectivity index (χ1v) is 10.6. The molecule has 0 rings (SSSR count). The zero-order chi connectivity index (χ0) is 17.2. The highest BCUT2D eigenvalue weighted by atomic mass is 32.1. The van der Waals surface area contributed by atoms with E-state index in [1.54, 1.807) is 0 Å². The summed E-state index contributed by atoms with van der Waals surface area (Å²) in [6, 6.07) is 0. The SMILES string of the molecule is CCCCCCCCCCCCCCCCOC(=O)C(S)CC. The molecule has 0 spiro atoms. The minimum atomic E-state index is -0.248. The largest absolute Gasteiger partial charge is 0.465 e. The lowest BCUT2D eigenvalue weighted by Gasteiger charge is -2.08. The molecule has 0 aromatic heterocycles. The standard InChI is InChI=1S/C20H40O2S/c1-3-5-6-7-8-9-10-11-12-13-14-15-16-17-18-22-20(21)19(23)4-2/h19,23H,3-18H2,1-2H3. The van der Waals surface area contributed by atoms with Gasteiger partial charge < -0.3 is 4.74 Å². The summed E-state index contributed by atoms with van der Waals surface area (Å²) in [5.74, 6) is -0.162. The van der Waals surface area contributed by atoms with Gasteiger partial charge >= 0.3 is 5.97 Å². The minimum absolute atomic E-state index is 0.162. The first kappa shape index (κ1) is 22.8. The molecule has 0 aliphatic rings. The van der Waals surface area contributed by atoms with E-state index in [4.69, 9.17) is 4.74 Å². The van der Waals surface area contributed by atoms with E-state index in [0.29, 0.717) is 6.61 Å². The lowest BCUT2D eigenvalue weighted by atomic mass is 10.0. The maximum absolute atomic E-state index is 11.4. The number of hydrogen-bond acceptors (Lipinski definition) is 3. The fraction of sp³-hybridized carbons (Fsp3) is 0.950. The molecule has 3 heteroatoms. The first-order valence-electron chi connectivity index (χ1n) is 10.1. The van der Waals surface area contributed by atoms with Gasteiger partial charge in [-0.2, -0.15) is 12.6 Å². The average Bonchev–Trinajstić information content (AvgIpc) is 2.57. The molecule has 0 bridgehead atoms. The van der Waals surface area contributed by atoms with E-state index in [1.165, 1.54) is 83.5 Å². The highest BCUT2D eigenvalue weighted by Crippen LogP contribution is 2.13. The van der Waals surface area contributed by atoms with Crippen molar-refractivity contribution in [2.24, 2.45) is 0 Å². The van der Waals surface area contributed by atoms with Crippen molar-refractivity contribution >= 4 is 18.6 Å². The third-order valence-electron chi connectivity index (χ3n) is 4.40. The zero-order valence-electron chi connectivity index (χ0n) is 15.7. The Hall–Kier alpha value is -0.180. The molecule has 1 atom stereocenters. The van der Waals surface area contributed by atoms with E-state index in [2.05, 4.69) is 19.6 Å². The number of carbonyl (C=O) groups is 1. The maximum Gasteiger partial charge on any atom is 0.318 e. The third-order valence-corrected chi connectivity index (χ3v) is 4.98. The van der Waals surface area contributed by atoms with Crippen molar-refractivity contribution in [2.45, 2.75) is 115 Å². The van der Waals surface area contributed by atoms with Crippen molar-refractivity contribution in [2.75, 3.05) is 6.61 Å². The summed E-state index contributed by atoms with van der Waals surface area (Å²) in [7, 11) is 0. The Morgan fingerprint density at radius 2 is 1.13 bits per heavy atom. The second-order valence-electron chi connectivity index (χ2n) is 6.69. The molecule has 0 aromatic rings. The Labute approximate surface area is 150 Å². The quantitative estimate of drug-likeness (QED) is 0.180. The van der Waals surface area contributed by atoms with Gasteiger partial charge in [-0.15, -0.1) is 0 Å². The number of carbonyl (C=O) groups excluding carboxylic acids is 1. The molecular weight excluding hydrogens is 304 g/mol. The average molecular weight is 345 g/mol. The Balaban J connectivity index is 3.09. The number of unbranched alkanes of at least 4 members (excludes halogenated alkanes) is 13. The van der Waals surface area contributed by atoms with Gasteiger partial charge in [-0.3, -0.25) is 4.79 Å². The van der Waals surface area contributed by atoms with Crippen LogP contribution in [-0.2, 0) is 9.53 Å². The molecular formula is C20H40O2S. The molecule has 1 unspecified atom stereocenters. The van der Waals surface area contributed by atoms with Gasteiger partial charge in [-0.25, -0.2) is 0 Å². The lowest BCUT2D eigenvalue weighted by Crippen LogP contribution is -2.17. The number of esters is 1. The van der Waals surface area contributed by atoms with Crippen molar-refractivity contribution in [3.8, 4) is 0 Å². The van der Waals surface area contributed by atoms with Gasteiger partial charge in [0.2, 0.25) is 0 Å². The molecule has 0 aliphatic heterocycles. The van der Waals surface area contributed by atoms with E-state index in [9.17, 15) is 4.79 Å². The molecule has 0 saturated carbocycles. The Morgan fingerprint density at radius 3 is 1.52 bits per heavy atom. The second kappa shape index (κ2) is 18.2. The van der Waals surface area contributed by atoms with Gasteiger partial charge in [-0.1, -0.05) is 97.3 Å². The van der Waals surface area contributed by atoms with Crippen molar-refractivity contribution < 1.29 is 9.53 Å². The van der Waals surface area contributed by atoms with Crippen LogP contribution in [0.25, 0.3) is 0 Å². The molecule has 0 radical (unpaired) electrons. The summed E-state index contributed by atoms with van der Waals surface area (Å²) < 4.78 is 5.19. The number of hydrogen-bond donors (Lipinski definition) is 1. The molecule has 0 fully saturated rings. The van der Waals surface area contributed by atoms with Crippen LogP contribution in [0.2, 0.25) is 0 Å². The molecule has 0 amide bonds. The Kier molecular flexibility index (Phi) is 18.0. The van der Waals surface area contributed by atoms with Gasteiger partial charge in [0.25, 0.3) is 0 Å². The number of ether oxygens (including phenoxy) is 1. The summed E-state index contributed by atoms with van der Waals surface area (Å²) in [6.07, 6.45) is 19.6. The molecule has 2 nitrogen and oxygen atoms in total. The molecule has 0 aliphatic carbocycles. The fourth-order valence-corrected chi connectivity index (χ4v) is 2.81. The Morgan fingerprint density at radius 1 is 0.739 bits per heavy atom. The van der Waals surface area contributed by atoms with E-state index < -0.39 is 0 Å². The molecule has 0 saturated heterocycles. The van der Waals surface area contributed by atoms with Gasteiger partial charge in [0, 0.05) is 0 Å². The second-order valence-corrected chi connectivity index (χ2v) is 7.31. The van der Waals surface area contributed by atoms with Gasteiger partial charge in [0.05, 0.1) is 11.9 Å². The van der Waals surface area contributed by atoms with E-state index in [0.717, 1.165) is 12.8 Å². The van der Waals surface area contributed by atoms with E-state index >= 15 is 0 Å². The lowest BCUT2D eigenvalue weighted by molar-refractivity contribution is -0.143. The van der Waals surface area contributed by atoms with Crippen molar-refractivity contribution in [3.05, 3.63) is 0 Å². The van der Waals surface area contributed by atoms with Gasteiger partial charge in [0.15, 0.2) is 0 Å². The summed E-state index contributed by atoms with van der Waals surface area (Å²) in [4.78, 5) is 11.4. The van der Waals surface area contributed by atoms with Crippen LogP contribution in [0.5, 0.6) is 0 Å². The Bertz CT molecular complexity index is 256. The van der Waals surface area contributed by atoms with Crippen molar-refractivity contribution in [1.82, 2.24) is 0 Å². The highest BCUT2D eigenvalue weighted by molar-refractivity contribution is 7.81. The zero-order valence-corrected chi connectivity index (χ0v) is 16.5. The number of rotatable bonds is 17. The van der Waals surface area contributed by atoms with Crippen LogP contribution in [0.3, 0.4) is 0 Å². The fourth-order valence-electron chi connectivity index (χ4n) is 2.73. The molecule has 138 valence electrons.